The van der Waals surface area contributed by atoms with Gasteiger partial charge in [0.2, 0.25) is 21.8 Å². The zero-order valence-electron chi connectivity index (χ0n) is 22.6. The number of nitrogens with zero attached hydrogens (tertiary/aromatic N) is 1. The summed E-state index contributed by atoms with van der Waals surface area (Å²) >= 11 is 3.25. The summed E-state index contributed by atoms with van der Waals surface area (Å²) in [4.78, 5) is 41.2. The maximum Gasteiger partial charge on any atom is 0.297 e. The molecule has 0 aromatic heterocycles. The first-order chi connectivity index (χ1) is 18.5. The Morgan fingerprint density at radius 2 is 1.77 bits per heavy atom. The molecule has 1 saturated heterocycles. The van der Waals surface area contributed by atoms with Gasteiger partial charge in [-0.3, -0.25) is 23.3 Å². The molecule has 14 heteroatoms. The van der Waals surface area contributed by atoms with Crippen LogP contribution in [0.15, 0.2) is 46.3 Å². The zero-order chi connectivity index (χ0) is 29.7. The van der Waals surface area contributed by atoms with E-state index in [1.54, 1.807) is 12.1 Å². The predicted molar refractivity (Wildman–Crippen MR) is 150 cm³/mol. The number of hydrogen-bond donors (Lipinski definition) is 2. The van der Waals surface area contributed by atoms with Crippen LogP contribution in [0, 0.1) is 11.3 Å². The van der Waals surface area contributed by atoms with Crippen molar-refractivity contribution in [1.29, 1.82) is 0 Å². The predicted octanol–water partition coefficient (Wildman–Crippen LogP) is 2.23. The second kappa shape index (κ2) is 10.8. The van der Waals surface area contributed by atoms with Crippen molar-refractivity contribution < 1.29 is 35.4 Å². The number of amides is 3. The fraction of sp³-hybridized carbons (Fsp3) is 0.577. The molecule has 2 N–H and O–H groups in total. The quantitative estimate of drug-likeness (QED) is 0.286. The molecule has 0 radical (unpaired) electrons. The van der Waals surface area contributed by atoms with Crippen LogP contribution in [0.4, 0.5) is 0 Å². The number of benzene rings is 1. The van der Waals surface area contributed by atoms with Gasteiger partial charge < -0.3 is 10.2 Å². The molecule has 2 saturated carbocycles. The third kappa shape index (κ3) is 6.77. The van der Waals surface area contributed by atoms with Crippen LogP contribution in [0.3, 0.4) is 0 Å². The van der Waals surface area contributed by atoms with Crippen LogP contribution in [0.5, 0.6) is 0 Å². The molecule has 1 unspecified atom stereocenters. The molecule has 0 bridgehead atoms. The second-order valence-electron chi connectivity index (χ2n) is 11.8. The number of hydrogen-bond acceptors (Lipinski definition) is 8. The van der Waals surface area contributed by atoms with E-state index in [0.29, 0.717) is 17.3 Å². The van der Waals surface area contributed by atoms with Gasteiger partial charge in [-0.25, -0.2) is 8.42 Å². The van der Waals surface area contributed by atoms with E-state index in [2.05, 4.69) is 32.5 Å². The number of rotatable bonds is 10. The summed E-state index contributed by atoms with van der Waals surface area (Å²) < 4.78 is 58.9. The van der Waals surface area contributed by atoms with Gasteiger partial charge in [-0.05, 0) is 48.9 Å². The number of nitrogens with one attached hydrogen (secondary N) is 2. The maximum atomic E-state index is 13.6. The highest BCUT2D eigenvalue weighted by molar-refractivity contribution is 9.10. The fourth-order valence-electron chi connectivity index (χ4n) is 4.80. The second-order valence-corrected chi connectivity index (χ2v) is 16.3. The van der Waals surface area contributed by atoms with Crippen molar-refractivity contribution in [3.63, 3.8) is 0 Å². The van der Waals surface area contributed by atoms with Gasteiger partial charge in [0, 0.05) is 29.8 Å². The molecule has 11 nitrogen and oxygen atoms in total. The van der Waals surface area contributed by atoms with Gasteiger partial charge in [-0.1, -0.05) is 42.8 Å². The van der Waals surface area contributed by atoms with E-state index in [-0.39, 0.29) is 36.6 Å². The molecule has 4 atom stereocenters. The van der Waals surface area contributed by atoms with Crippen LogP contribution < -0.4 is 10.0 Å². The molecule has 3 aliphatic rings. The number of likely N-dealkylation sites (tertiary alicyclic amines) is 1. The first kappa shape index (κ1) is 30.7. The normalized spacial score (nSPS) is 26.7. The van der Waals surface area contributed by atoms with E-state index in [1.165, 1.54) is 23.1 Å². The van der Waals surface area contributed by atoms with Crippen molar-refractivity contribution >= 4 is 53.8 Å². The standard InChI is InChI=1S/C26H34BrN3O8S2/c1-5-16-13-26(16,24(33)29-39(34,35)19-10-11-19)28-23(32)21-12-18(15-30(21)22(31)14-25(2,3)4)38-40(36,37)20-8-6-17(27)7-9-20/h5-9,16,18-19,21H,1,10-15H2,2-4H3,(H,28,32)(H,29,33)/t16?,18-,21-,26+/m0/s1. The Balaban J connectivity index is 1.54. The lowest BCUT2D eigenvalue weighted by Crippen LogP contribution is -2.56. The molecule has 40 heavy (non-hydrogen) atoms. The summed E-state index contributed by atoms with van der Waals surface area (Å²) in [5.41, 5.74) is -1.94. The van der Waals surface area contributed by atoms with Crippen molar-refractivity contribution in [3.05, 3.63) is 41.4 Å². The number of carbonyl (C=O) groups excluding carboxylic acids is 3. The molecule has 1 aromatic carbocycles. The summed E-state index contributed by atoms with van der Waals surface area (Å²) in [6.45, 7) is 9.12. The zero-order valence-corrected chi connectivity index (χ0v) is 25.8. The summed E-state index contributed by atoms with van der Waals surface area (Å²) in [6.07, 6.45) is 1.49. The lowest BCUT2D eigenvalue weighted by molar-refractivity contribution is -0.141. The molecule has 1 heterocycles. The molecule has 1 aliphatic heterocycles. The Kier molecular flexibility index (Phi) is 8.31. The first-order valence-electron chi connectivity index (χ1n) is 13.0. The molecule has 3 amide bonds. The first-order valence-corrected chi connectivity index (χ1v) is 16.7. The van der Waals surface area contributed by atoms with E-state index >= 15 is 0 Å². The summed E-state index contributed by atoms with van der Waals surface area (Å²) in [5, 5.41) is 2.04. The van der Waals surface area contributed by atoms with Crippen molar-refractivity contribution in [1.82, 2.24) is 14.9 Å². The van der Waals surface area contributed by atoms with E-state index in [4.69, 9.17) is 4.18 Å². The lowest BCUT2D eigenvalue weighted by Gasteiger charge is -2.29. The summed E-state index contributed by atoms with van der Waals surface area (Å²) in [6, 6.07) is 4.74. The molecule has 1 aromatic rings. The molecular formula is C26H34BrN3O8S2. The topological polar surface area (TPSA) is 156 Å². The minimum Gasteiger partial charge on any atom is -0.339 e. The van der Waals surface area contributed by atoms with E-state index in [1.807, 2.05) is 20.8 Å². The van der Waals surface area contributed by atoms with Gasteiger partial charge in [0.1, 0.15) is 11.6 Å². The highest BCUT2D eigenvalue weighted by Gasteiger charge is 2.62. The average molecular weight is 661 g/mol. The Bertz CT molecular complexity index is 1420. The highest BCUT2D eigenvalue weighted by atomic mass is 79.9. The van der Waals surface area contributed by atoms with Crippen molar-refractivity contribution in [3.8, 4) is 0 Å². The smallest absolute Gasteiger partial charge is 0.297 e. The van der Waals surface area contributed by atoms with Gasteiger partial charge in [0.05, 0.1) is 16.2 Å². The van der Waals surface area contributed by atoms with Gasteiger partial charge in [0.25, 0.3) is 16.0 Å². The molecule has 0 spiro atoms. The lowest BCUT2D eigenvalue weighted by atomic mass is 9.91. The van der Waals surface area contributed by atoms with Crippen LogP contribution in [-0.2, 0) is 38.7 Å². The molecular weight excluding hydrogens is 626 g/mol. The third-order valence-corrected chi connectivity index (χ3v) is 10.9. The van der Waals surface area contributed by atoms with E-state index in [9.17, 15) is 31.2 Å². The third-order valence-electron chi connectivity index (χ3n) is 7.18. The van der Waals surface area contributed by atoms with Crippen LogP contribution in [0.2, 0.25) is 0 Å². The molecule has 3 fully saturated rings. The van der Waals surface area contributed by atoms with Crippen LogP contribution in [0.25, 0.3) is 0 Å². The van der Waals surface area contributed by atoms with E-state index in [0.717, 1.165) is 0 Å². The van der Waals surface area contributed by atoms with Crippen LogP contribution >= 0.6 is 15.9 Å². The van der Waals surface area contributed by atoms with Crippen LogP contribution in [-0.4, -0.2) is 68.9 Å². The molecule has 2 aliphatic carbocycles. The Hall–Kier alpha value is -2.29. The van der Waals surface area contributed by atoms with Crippen molar-refractivity contribution in [2.24, 2.45) is 11.3 Å². The highest BCUT2D eigenvalue weighted by Crippen LogP contribution is 2.45. The molecule has 220 valence electrons. The number of sulfonamides is 1. The Labute approximate surface area is 243 Å². The van der Waals surface area contributed by atoms with Crippen molar-refractivity contribution in [2.45, 2.75) is 80.7 Å². The average Bonchev–Trinajstić information content (AvgIpc) is 3.75. The monoisotopic (exact) mass is 659 g/mol. The number of carbonyl (C=O) groups is 3. The SMILES string of the molecule is C=CC1C[C@]1(NC(=O)[C@@H]1C[C@H](OS(=O)(=O)c2ccc(Br)cc2)CN1C(=O)CC(C)(C)C)C(=O)NS(=O)(=O)C1CC1. The van der Waals surface area contributed by atoms with E-state index < -0.39 is 66.2 Å². The van der Waals surface area contributed by atoms with Gasteiger partial charge in [0.15, 0.2) is 0 Å². The van der Waals surface area contributed by atoms with Gasteiger partial charge in [-0.15, -0.1) is 6.58 Å². The minimum absolute atomic E-state index is 0.0736. The van der Waals surface area contributed by atoms with Crippen molar-refractivity contribution in [2.75, 3.05) is 6.54 Å². The number of halogens is 1. The Morgan fingerprint density at radius 1 is 1.15 bits per heavy atom. The van der Waals surface area contributed by atoms with Crippen LogP contribution in [0.1, 0.15) is 52.9 Å². The summed E-state index contributed by atoms with van der Waals surface area (Å²) in [7, 11) is -8.06. The Morgan fingerprint density at radius 3 is 2.30 bits per heavy atom. The largest absolute Gasteiger partial charge is 0.339 e. The van der Waals surface area contributed by atoms with Gasteiger partial charge in [-0.2, -0.15) is 8.42 Å². The fourth-order valence-corrected chi connectivity index (χ4v) is 7.51. The summed E-state index contributed by atoms with van der Waals surface area (Å²) in [5.74, 6) is -2.42. The van der Waals surface area contributed by atoms with Gasteiger partial charge >= 0.3 is 0 Å². The molecule has 4 rings (SSSR count). The minimum atomic E-state index is -4.20. The maximum absolute atomic E-state index is 13.6.